The minimum Gasteiger partial charge on any atom is -0.381 e. The van der Waals surface area contributed by atoms with Gasteiger partial charge in [0, 0.05) is 44.5 Å². The number of carbonyl (C=O) groups excluding carboxylic acids is 2. The van der Waals surface area contributed by atoms with E-state index in [1.807, 2.05) is 11.9 Å². The number of benzene rings is 1. The number of halogens is 1. The molecule has 0 bridgehead atoms. The zero-order valence-corrected chi connectivity index (χ0v) is 15.7. The highest BCUT2D eigenvalue weighted by Gasteiger charge is 2.49. The first-order chi connectivity index (χ1) is 13.0. The number of nitrogens with zero attached hydrogens (tertiary/aromatic N) is 3. The Morgan fingerprint density at radius 2 is 2.04 bits per heavy atom. The van der Waals surface area contributed by atoms with E-state index in [1.54, 1.807) is 17.0 Å². The van der Waals surface area contributed by atoms with E-state index in [0.717, 1.165) is 19.3 Å². The van der Waals surface area contributed by atoms with E-state index in [2.05, 4.69) is 4.90 Å². The fraction of sp³-hybridized carbons (Fsp3) is 0.600. The van der Waals surface area contributed by atoms with Crippen LogP contribution in [0.2, 0.25) is 0 Å². The number of hydrogen-bond acceptors (Lipinski definition) is 4. The van der Waals surface area contributed by atoms with Gasteiger partial charge < -0.3 is 14.5 Å². The standard InChI is InChI=1S/C20H26FN3O3/c1-22-12-18(25)24(17-4-2-3-16(21)11-17)14-20(22)7-8-23(13-20)19(26)15-5-9-27-10-6-15/h2-4,11,15H,5-10,12-14H2,1H3/t20-/m0/s1. The summed E-state index contributed by atoms with van der Waals surface area (Å²) in [5, 5.41) is 0. The molecule has 1 aromatic rings. The minimum atomic E-state index is -0.351. The lowest BCUT2D eigenvalue weighted by Gasteiger charge is -2.46. The SMILES string of the molecule is CN1CC(=O)N(c2cccc(F)c2)C[C@@]12CCN(C(=O)C1CCOCC1)C2. The number of rotatable bonds is 2. The van der Waals surface area contributed by atoms with Crippen LogP contribution in [0.4, 0.5) is 10.1 Å². The number of piperazine rings is 1. The number of likely N-dealkylation sites (tertiary alicyclic amines) is 1. The summed E-state index contributed by atoms with van der Waals surface area (Å²) in [5.74, 6) is -0.138. The van der Waals surface area contributed by atoms with Crippen LogP contribution in [0.3, 0.4) is 0 Å². The molecule has 2 amide bonds. The number of anilines is 1. The van der Waals surface area contributed by atoms with Gasteiger partial charge in [0.1, 0.15) is 5.82 Å². The van der Waals surface area contributed by atoms with E-state index >= 15 is 0 Å². The average Bonchev–Trinajstić information content (AvgIpc) is 3.10. The van der Waals surface area contributed by atoms with Gasteiger partial charge in [0.05, 0.1) is 12.1 Å². The molecule has 3 aliphatic heterocycles. The Balaban J connectivity index is 1.51. The molecule has 3 saturated heterocycles. The molecular formula is C20H26FN3O3. The van der Waals surface area contributed by atoms with Crippen LogP contribution in [0, 0.1) is 11.7 Å². The van der Waals surface area contributed by atoms with E-state index < -0.39 is 0 Å². The highest BCUT2D eigenvalue weighted by molar-refractivity contribution is 5.96. The molecule has 4 rings (SSSR count). The lowest BCUT2D eigenvalue weighted by atomic mass is 9.92. The maximum atomic E-state index is 13.7. The molecule has 1 atom stereocenters. The number of carbonyl (C=O) groups is 2. The van der Waals surface area contributed by atoms with Crippen molar-refractivity contribution in [2.24, 2.45) is 5.92 Å². The fourth-order valence-corrected chi connectivity index (χ4v) is 4.53. The molecule has 1 spiro atoms. The van der Waals surface area contributed by atoms with Crippen LogP contribution < -0.4 is 4.90 Å². The quantitative estimate of drug-likeness (QED) is 0.786. The molecular weight excluding hydrogens is 349 g/mol. The van der Waals surface area contributed by atoms with Gasteiger partial charge in [-0.25, -0.2) is 4.39 Å². The number of ether oxygens (including phenoxy) is 1. The van der Waals surface area contributed by atoms with Crippen molar-refractivity contribution in [2.75, 3.05) is 51.3 Å². The maximum absolute atomic E-state index is 13.7. The summed E-state index contributed by atoms with van der Waals surface area (Å²) >= 11 is 0. The van der Waals surface area contributed by atoms with Crippen LogP contribution in [0.15, 0.2) is 24.3 Å². The zero-order chi connectivity index (χ0) is 19.0. The molecule has 146 valence electrons. The molecule has 0 radical (unpaired) electrons. The van der Waals surface area contributed by atoms with Crippen molar-refractivity contribution in [1.29, 1.82) is 0 Å². The summed E-state index contributed by atoms with van der Waals surface area (Å²) in [6, 6.07) is 6.17. The monoisotopic (exact) mass is 375 g/mol. The first-order valence-corrected chi connectivity index (χ1v) is 9.62. The molecule has 6 nitrogen and oxygen atoms in total. The molecule has 3 aliphatic rings. The van der Waals surface area contributed by atoms with E-state index in [4.69, 9.17) is 4.74 Å². The van der Waals surface area contributed by atoms with Crippen molar-refractivity contribution in [2.45, 2.75) is 24.8 Å². The van der Waals surface area contributed by atoms with Gasteiger partial charge in [-0.2, -0.15) is 0 Å². The van der Waals surface area contributed by atoms with Gasteiger partial charge in [-0.05, 0) is 44.5 Å². The third-order valence-corrected chi connectivity index (χ3v) is 6.27. The number of amides is 2. The van der Waals surface area contributed by atoms with Gasteiger partial charge in [0.15, 0.2) is 0 Å². The summed E-state index contributed by atoms with van der Waals surface area (Å²) in [6.07, 6.45) is 2.38. The maximum Gasteiger partial charge on any atom is 0.241 e. The zero-order valence-electron chi connectivity index (χ0n) is 15.7. The first-order valence-electron chi connectivity index (χ1n) is 9.62. The summed E-state index contributed by atoms with van der Waals surface area (Å²) < 4.78 is 19.0. The van der Waals surface area contributed by atoms with Crippen molar-refractivity contribution < 1.29 is 18.7 Å². The molecule has 1 aromatic carbocycles. The second kappa shape index (κ2) is 7.20. The van der Waals surface area contributed by atoms with Gasteiger partial charge in [0.25, 0.3) is 0 Å². The molecule has 0 saturated carbocycles. The summed E-state index contributed by atoms with van der Waals surface area (Å²) in [4.78, 5) is 31.2. The Hall–Kier alpha value is -1.99. The molecule has 7 heteroatoms. The highest BCUT2D eigenvalue weighted by Crippen LogP contribution is 2.34. The summed E-state index contributed by atoms with van der Waals surface area (Å²) in [7, 11) is 1.95. The van der Waals surface area contributed by atoms with Crippen molar-refractivity contribution in [3.05, 3.63) is 30.1 Å². The highest BCUT2D eigenvalue weighted by atomic mass is 19.1. The Kier molecular flexibility index (Phi) is 4.90. The Labute approximate surface area is 158 Å². The summed E-state index contributed by atoms with van der Waals surface area (Å²) in [5.41, 5.74) is 0.308. The second-order valence-corrected chi connectivity index (χ2v) is 7.94. The second-order valence-electron chi connectivity index (χ2n) is 7.94. The molecule has 3 heterocycles. The van der Waals surface area contributed by atoms with Crippen LogP contribution in [0.5, 0.6) is 0 Å². The molecule has 3 fully saturated rings. The lowest BCUT2D eigenvalue weighted by Crippen LogP contribution is -2.64. The Bertz CT molecular complexity index is 737. The van der Waals surface area contributed by atoms with E-state index in [-0.39, 0.29) is 35.6 Å². The fourth-order valence-electron chi connectivity index (χ4n) is 4.53. The van der Waals surface area contributed by atoms with E-state index in [9.17, 15) is 14.0 Å². The largest absolute Gasteiger partial charge is 0.381 e. The number of likely N-dealkylation sites (N-methyl/N-ethyl adjacent to an activating group) is 1. The van der Waals surface area contributed by atoms with Gasteiger partial charge in [-0.15, -0.1) is 0 Å². The molecule has 0 unspecified atom stereocenters. The van der Waals surface area contributed by atoms with Crippen LogP contribution in [0.25, 0.3) is 0 Å². The molecule has 27 heavy (non-hydrogen) atoms. The van der Waals surface area contributed by atoms with Crippen LogP contribution in [-0.4, -0.2) is 73.6 Å². The number of hydrogen-bond donors (Lipinski definition) is 0. The molecule has 0 aliphatic carbocycles. The van der Waals surface area contributed by atoms with Gasteiger partial charge in [-0.1, -0.05) is 6.07 Å². The van der Waals surface area contributed by atoms with Crippen molar-refractivity contribution in [3.8, 4) is 0 Å². The van der Waals surface area contributed by atoms with Crippen molar-refractivity contribution in [3.63, 3.8) is 0 Å². The predicted octanol–water partition coefficient (Wildman–Crippen LogP) is 1.50. The van der Waals surface area contributed by atoms with Crippen molar-refractivity contribution >= 4 is 17.5 Å². The van der Waals surface area contributed by atoms with Crippen LogP contribution in [0.1, 0.15) is 19.3 Å². The minimum absolute atomic E-state index is 0.0390. The van der Waals surface area contributed by atoms with E-state index in [1.165, 1.54) is 12.1 Å². The van der Waals surface area contributed by atoms with Gasteiger partial charge >= 0.3 is 0 Å². The topological polar surface area (TPSA) is 53.1 Å². The first kappa shape index (κ1) is 18.4. The predicted molar refractivity (Wildman–Crippen MR) is 98.9 cm³/mol. The average molecular weight is 375 g/mol. The molecule has 0 aromatic heterocycles. The Morgan fingerprint density at radius 3 is 2.78 bits per heavy atom. The Morgan fingerprint density at radius 1 is 1.26 bits per heavy atom. The van der Waals surface area contributed by atoms with Crippen LogP contribution >= 0.6 is 0 Å². The third-order valence-electron chi connectivity index (χ3n) is 6.27. The van der Waals surface area contributed by atoms with Crippen molar-refractivity contribution in [1.82, 2.24) is 9.80 Å². The third kappa shape index (κ3) is 3.46. The van der Waals surface area contributed by atoms with E-state index in [0.29, 0.717) is 38.5 Å². The van der Waals surface area contributed by atoms with Gasteiger partial charge in [-0.3, -0.25) is 14.5 Å². The van der Waals surface area contributed by atoms with Crippen LogP contribution in [-0.2, 0) is 14.3 Å². The lowest BCUT2D eigenvalue weighted by molar-refractivity contribution is -0.138. The van der Waals surface area contributed by atoms with Gasteiger partial charge in [0.2, 0.25) is 11.8 Å². The summed E-state index contributed by atoms with van der Waals surface area (Å²) in [6.45, 7) is 3.36. The smallest absolute Gasteiger partial charge is 0.241 e. The normalized spacial score (nSPS) is 27.6. The molecule has 0 N–H and O–H groups in total.